The van der Waals surface area contributed by atoms with E-state index < -0.39 is 17.7 Å². The summed E-state index contributed by atoms with van der Waals surface area (Å²) in [6.07, 6.45) is 3.63. The molecule has 0 fully saturated rings. The first-order chi connectivity index (χ1) is 14.0. The van der Waals surface area contributed by atoms with Crippen molar-refractivity contribution in [2.45, 2.75) is 26.4 Å². The fraction of sp³-hybridized carbons (Fsp3) is 0.263. The van der Waals surface area contributed by atoms with Crippen LogP contribution < -0.4 is 16.8 Å². The number of rotatable bonds is 6. The zero-order valence-corrected chi connectivity index (χ0v) is 17.0. The van der Waals surface area contributed by atoms with Gasteiger partial charge in [-0.25, -0.2) is 19.3 Å². The first kappa shape index (κ1) is 22.3. The van der Waals surface area contributed by atoms with E-state index in [1.165, 1.54) is 36.2 Å². The molecule has 0 unspecified atom stereocenters. The maximum Gasteiger partial charge on any atom is 0.413 e. The van der Waals surface area contributed by atoms with Gasteiger partial charge in [0.1, 0.15) is 17.2 Å². The molecule has 11 heteroatoms. The van der Waals surface area contributed by atoms with Gasteiger partial charge in [0.2, 0.25) is 0 Å². The Hall–Kier alpha value is -4.02. The number of hydrogen-bond donors (Lipinski definition) is 4. The van der Waals surface area contributed by atoms with Gasteiger partial charge >= 0.3 is 12.1 Å². The van der Waals surface area contributed by atoms with E-state index in [-0.39, 0.29) is 23.2 Å². The van der Waals surface area contributed by atoms with Crippen LogP contribution in [0.4, 0.5) is 10.6 Å². The van der Waals surface area contributed by atoms with Crippen molar-refractivity contribution in [3.05, 3.63) is 48.1 Å². The van der Waals surface area contributed by atoms with Gasteiger partial charge in [-0.1, -0.05) is 0 Å². The highest BCUT2D eigenvalue weighted by atomic mass is 16.6. The van der Waals surface area contributed by atoms with Gasteiger partial charge in [0.25, 0.3) is 0 Å². The van der Waals surface area contributed by atoms with Crippen molar-refractivity contribution < 1.29 is 24.2 Å². The first-order valence-corrected chi connectivity index (χ1v) is 8.77. The van der Waals surface area contributed by atoms with Crippen LogP contribution in [0.1, 0.15) is 31.3 Å². The molecule has 0 saturated heterocycles. The molecular formula is C19H24N6O5. The molecule has 0 aliphatic rings. The Morgan fingerprint density at radius 1 is 1.23 bits per heavy atom. The number of nitrogens with two attached hydrogens (primary N) is 2. The summed E-state index contributed by atoms with van der Waals surface area (Å²) in [5, 5.41) is 15.8. The standard InChI is InChI=1S/C19H24N6O5/c1-19(2,3)30-18(28)23-16-8-5-11(10-22-16)13-9-12(17(26)27)24-25(13)14(20)6-7-15(21)29-4/h5-10H,20-21H2,1-4H3,(H,26,27)(H,22,23,28)/b14-6+,15-7+. The molecule has 160 valence electrons. The summed E-state index contributed by atoms with van der Waals surface area (Å²) >= 11 is 0. The quantitative estimate of drug-likeness (QED) is 0.407. The second-order valence-electron chi connectivity index (χ2n) is 7.06. The molecule has 1 amide bonds. The van der Waals surface area contributed by atoms with Crippen LogP contribution in [-0.4, -0.2) is 44.6 Å². The normalized spacial score (nSPS) is 12.4. The van der Waals surface area contributed by atoms with E-state index in [1.54, 1.807) is 32.9 Å². The smallest absolute Gasteiger partial charge is 0.413 e. The lowest BCUT2D eigenvalue weighted by atomic mass is 10.2. The van der Waals surface area contributed by atoms with Crippen molar-refractivity contribution in [2.75, 3.05) is 12.4 Å². The zero-order valence-electron chi connectivity index (χ0n) is 17.0. The number of amides is 1. The van der Waals surface area contributed by atoms with Crippen molar-refractivity contribution >= 4 is 23.7 Å². The molecule has 0 aliphatic heterocycles. The van der Waals surface area contributed by atoms with Crippen molar-refractivity contribution in [1.29, 1.82) is 0 Å². The molecule has 0 radical (unpaired) electrons. The molecule has 11 nitrogen and oxygen atoms in total. The molecule has 0 spiro atoms. The molecule has 0 saturated carbocycles. The van der Waals surface area contributed by atoms with Gasteiger partial charge in [-0.15, -0.1) is 0 Å². The van der Waals surface area contributed by atoms with Crippen LogP contribution in [0.15, 0.2) is 42.4 Å². The average Bonchev–Trinajstić information content (AvgIpc) is 3.10. The molecule has 0 aliphatic carbocycles. The number of aromatic nitrogens is 3. The Labute approximate surface area is 173 Å². The minimum atomic E-state index is -1.22. The Morgan fingerprint density at radius 3 is 2.47 bits per heavy atom. The molecule has 0 bridgehead atoms. The number of carboxylic acid groups (broad SMARTS) is 1. The van der Waals surface area contributed by atoms with Crippen LogP contribution in [0, 0.1) is 0 Å². The van der Waals surface area contributed by atoms with E-state index in [4.69, 9.17) is 20.9 Å². The van der Waals surface area contributed by atoms with E-state index in [0.717, 1.165) is 0 Å². The summed E-state index contributed by atoms with van der Waals surface area (Å²) in [4.78, 5) is 27.4. The van der Waals surface area contributed by atoms with Gasteiger partial charge < -0.3 is 26.0 Å². The molecule has 2 rings (SSSR count). The number of hydrogen-bond acceptors (Lipinski definition) is 8. The minimum Gasteiger partial charge on any atom is -0.483 e. The third-order valence-electron chi connectivity index (χ3n) is 3.52. The van der Waals surface area contributed by atoms with Crippen LogP contribution in [0.3, 0.4) is 0 Å². The number of aromatic carboxylic acids is 1. The van der Waals surface area contributed by atoms with Crippen LogP contribution >= 0.6 is 0 Å². The lowest BCUT2D eigenvalue weighted by molar-refractivity contribution is 0.0633. The van der Waals surface area contributed by atoms with Gasteiger partial charge in [-0.3, -0.25) is 5.32 Å². The molecule has 2 aromatic heterocycles. The van der Waals surface area contributed by atoms with Crippen molar-refractivity contribution in [1.82, 2.24) is 14.8 Å². The molecule has 6 N–H and O–H groups in total. The van der Waals surface area contributed by atoms with Gasteiger partial charge in [-0.05, 0) is 45.0 Å². The second kappa shape index (κ2) is 8.99. The van der Waals surface area contributed by atoms with Crippen LogP contribution in [0.25, 0.3) is 17.1 Å². The number of nitrogens with one attached hydrogen (secondary N) is 1. The van der Waals surface area contributed by atoms with Crippen molar-refractivity contribution in [3.8, 4) is 11.3 Å². The predicted octanol–water partition coefficient (Wildman–Crippen LogP) is 2.19. The summed E-state index contributed by atoms with van der Waals surface area (Å²) < 4.78 is 11.2. The summed E-state index contributed by atoms with van der Waals surface area (Å²) in [5.74, 6) is -0.736. The first-order valence-electron chi connectivity index (χ1n) is 8.77. The molecule has 2 heterocycles. The largest absolute Gasteiger partial charge is 0.483 e. The van der Waals surface area contributed by atoms with Crippen LogP contribution in [0.2, 0.25) is 0 Å². The Kier molecular flexibility index (Phi) is 6.67. The van der Waals surface area contributed by atoms with E-state index >= 15 is 0 Å². The number of carbonyl (C=O) groups is 2. The average molecular weight is 416 g/mol. The molecule has 0 aromatic carbocycles. The second-order valence-corrected chi connectivity index (χ2v) is 7.06. The van der Waals surface area contributed by atoms with Gasteiger partial charge in [0, 0.05) is 17.8 Å². The number of ether oxygens (including phenoxy) is 2. The molecular weight excluding hydrogens is 392 g/mol. The summed E-state index contributed by atoms with van der Waals surface area (Å²) in [5.41, 5.74) is 11.6. The van der Waals surface area contributed by atoms with Gasteiger partial charge in [0.05, 0.1) is 12.8 Å². The highest BCUT2D eigenvalue weighted by molar-refractivity contribution is 5.88. The summed E-state index contributed by atoms with van der Waals surface area (Å²) in [6.45, 7) is 5.24. The predicted molar refractivity (Wildman–Crippen MR) is 110 cm³/mol. The third kappa shape index (κ3) is 5.99. The van der Waals surface area contributed by atoms with E-state index in [1.807, 2.05) is 0 Å². The Morgan fingerprint density at radius 2 is 1.93 bits per heavy atom. The molecule has 2 aromatic rings. The van der Waals surface area contributed by atoms with Crippen LogP contribution in [0.5, 0.6) is 0 Å². The molecule has 30 heavy (non-hydrogen) atoms. The van der Waals surface area contributed by atoms with Gasteiger partial charge in [0.15, 0.2) is 11.6 Å². The lowest BCUT2D eigenvalue weighted by Gasteiger charge is -2.19. The highest BCUT2D eigenvalue weighted by Crippen LogP contribution is 2.23. The van der Waals surface area contributed by atoms with Crippen LogP contribution in [-0.2, 0) is 9.47 Å². The number of nitrogens with zero attached hydrogens (tertiary/aromatic N) is 3. The fourth-order valence-corrected chi connectivity index (χ4v) is 2.22. The summed E-state index contributed by atoms with van der Waals surface area (Å²) in [6, 6.07) is 4.52. The van der Waals surface area contributed by atoms with E-state index in [9.17, 15) is 14.7 Å². The Balaban J connectivity index is 2.34. The number of anilines is 1. The minimum absolute atomic E-state index is 0.105. The number of carboxylic acids is 1. The van der Waals surface area contributed by atoms with E-state index in [0.29, 0.717) is 11.3 Å². The number of carbonyl (C=O) groups excluding carboxylic acids is 1. The SMILES string of the molecule is CO/C(N)=C/C=C(\N)n1nc(C(=O)O)cc1-c1ccc(NC(=O)OC(C)(C)C)nc1. The maximum atomic E-state index is 11.9. The number of pyridine rings is 1. The number of allylic oxidation sites excluding steroid dienone is 2. The van der Waals surface area contributed by atoms with Crippen molar-refractivity contribution in [3.63, 3.8) is 0 Å². The lowest BCUT2D eigenvalue weighted by Crippen LogP contribution is -2.27. The zero-order chi connectivity index (χ0) is 22.5. The third-order valence-corrected chi connectivity index (χ3v) is 3.52. The maximum absolute atomic E-state index is 11.9. The number of methoxy groups -OCH3 is 1. The fourth-order valence-electron chi connectivity index (χ4n) is 2.22. The van der Waals surface area contributed by atoms with E-state index in [2.05, 4.69) is 15.4 Å². The van der Waals surface area contributed by atoms with Crippen molar-refractivity contribution in [2.24, 2.45) is 11.5 Å². The highest BCUT2D eigenvalue weighted by Gasteiger charge is 2.18. The topological polar surface area (TPSA) is 168 Å². The molecule has 0 atom stereocenters. The monoisotopic (exact) mass is 416 g/mol. The Bertz CT molecular complexity index is 986. The van der Waals surface area contributed by atoms with Gasteiger partial charge in [-0.2, -0.15) is 5.10 Å². The summed E-state index contributed by atoms with van der Waals surface area (Å²) in [7, 11) is 1.40.